The van der Waals surface area contributed by atoms with E-state index in [9.17, 15) is 4.79 Å². The Morgan fingerprint density at radius 1 is 1.45 bits per heavy atom. The molecule has 104 valence electrons. The molecule has 1 fully saturated rings. The van der Waals surface area contributed by atoms with Gasteiger partial charge in [-0.15, -0.1) is 0 Å². The number of hydrogen-bond donors (Lipinski definition) is 1. The number of benzene rings is 1. The fraction of sp³-hybridized carbons (Fsp3) is 0.375. The van der Waals surface area contributed by atoms with Crippen LogP contribution >= 0.6 is 11.6 Å². The lowest BCUT2D eigenvalue weighted by Gasteiger charge is -2.08. The SMILES string of the molecule is CC1(C)CC1CNC(=O)c1cc2ccccc2c(Cl)n1. The van der Waals surface area contributed by atoms with Crippen molar-refractivity contribution in [1.82, 2.24) is 10.3 Å². The van der Waals surface area contributed by atoms with Crippen LogP contribution in [0.15, 0.2) is 30.3 Å². The topological polar surface area (TPSA) is 42.0 Å². The van der Waals surface area contributed by atoms with Crippen LogP contribution in [0, 0.1) is 11.3 Å². The van der Waals surface area contributed by atoms with Gasteiger partial charge in [-0.3, -0.25) is 4.79 Å². The number of pyridine rings is 1. The molecule has 1 aromatic heterocycles. The van der Waals surface area contributed by atoms with Crippen LogP contribution in [-0.2, 0) is 0 Å². The fourth-order valence-electron chi connectivity index (χ4n) is 2.50. The summed E-state index contributed by atoms with van der Waals surface area (Å²) in [7, 11) is 0. The number of halogens is 1. The predicted octanol–water partition coefficient (Wildman–Crippen LogP) is 3.66. The molecule has 1 aliphatic rings. The Labute approximate surface area is 123 Å². The van der Waals surface area contributed by atoms with Gasteiger partial charge in [-0.1, -0.05) is 49.7 Å². The minimum atomic E-state index is -0.152. The normalized spacial score (nSPS) is 19.9. The number of nitrogens with zero attached hydrogens (tertiary/aromatic N) is 1. The average molecular weight is 289 g/mol. The molecule has 1 saturated carbocycles. The van der Waals surface area contributed by atoms with Crippen LogP contribution in [0.2, 0.25) is 5.15 Å². The molecule has 2 aromatic rings. The van der Waals surface area contributed by atoms with Crippen molar-refractivity contribution in [3.8, 4) is 0 Å². The first-order chi connectivity index (χ1) is 9.47. The van der Waals surface area contributed by atoms with Crippen LogP contribution in [0.1, 0.15) is 30.8 Å². The first kappa shape index (κ1) is 13.4. The number of nitrogens with one attached hydrogen (secondary N) is 1. The van der Waals surface area contributed by atoms with Gasteiger partial charge < -0.3 is 5.32 Å². The van der Waals surface area contributed by atoms with Crippen molar-refractivity contribution >= 4 is 28.3 Å². The lowest BCUT2D eigenvalue weighted by Crippen LogP contribution is -2.27. The van der Waals surface area contributed by atoms with E-state index in [-0.39, 0.29) is 5.91 Å². The van der Waals surface area contributed by atoms with E-state index in [1.807, 2.05) is 24.3 Å². The van der Waals surface area contributed by atoms with Gasteiger partial charge in [0.15, 0.2) is 0 Å². The lowest BCUT2D eigenvalue weighted by molar-refractivity contribution is 0.0946. The van der Waals surface area contributed by atoms with Crippen molar-refractivity contribution < 1.29 is 4.79 Å². The molecule has 1 atom stereocenters. The number of fused-ring (bicyclic) bond motifs is 1. The van der Waals surface area contributed by atoms with Crippen LogP contribution in [-0.4, -0.2) is 17.4 Å². The van der Waals surface area contributed by atoms with Gasteiger partial charge in [0.25, 0.3) is 5.91 Å². The van der Waals surface area contributed by atoms with Gasteiger partial charge in [0.05, 0.1) is 0 Å². The molecule has 4 heteroatoms. The molecule has 0 bridgehead atoms. The van der Waals surface area contributed by atoms with Crippen molar-refractivity contribution in [1.29, 1.82) is 0 Å². The second-order valence-electron chi connectivity index (χ2n) is 6.12. The molecule has 1 aromatic carbocycles. The largest absolute Gasteiger partial charge is 0.350 e. The van der Waals surface area contributed by atoms with Gasteiger partial charge in [-0.05, 0) is 29.2 Å². The Kier molecular flexibility index (Phi) is 3.17. The first-order valence-corrected chi connectivity index (χ1v) is 7.19. The van der Waals surface area contributed by atoms with E-state index in [0.717, 1.165) is 10.8 Å². The van der Waals surface area contributed by atoms with Crippen molar-refractivity contribution in [2.24, 2.45) is 11.3 Å². The van der Waals surface area contributed by atoms with Gasteiger partial charge in [0.1, 0.15) is 10.8 Å². The highest BCUT2D eigenvalue weighted by molar-refractivity contribution is 6.34. The predicted molar refractivity (Wildman–Crippen MR) is 81.0 cm³/mol. The lowest BCUT2D eigenvalue weighted by atomic mass is 10.1. The summed E-state index contributed by atoms with van der Waals surface area (Å²) < 4.78 is 0. The summed E-state index contributed by atoms with van der Waals surface area (Å²) in [6.07, 6.45) is 1.17. The quantitative estimate of drug-likeness (QED) is 0.876. The standard InChI is InChI=1S/C16H17ClN2O/c1-16(2)8-11(16)9-18-15(20)13-7-10-5-3-4-6-12(10)14(17)19-13/h3-7,11H,8-9H2,1-2H3,(H,18,20). The number of amides is 1. The summed E-state index contributed by atoms with van der Waals surface area (Å²) in [6, 6.07) is 9.45. The van der Waals surface area contributed by atoms with E-state index in [2.05, 4.69) is 24.1 Å². The highest BCUT2D eigenvalue weighted by atomic mass is 35.5. The third-order valence-electron chi connectivity index (χ3n) is 4.15. The van der Waals surface area contributed by atoms with E-state index >= 15 is 0 Å². The van der Waals surface area contributed by atoms with Gasteiger partial charge in [0.2, 0.25) is 0 Å². The van der Waals surface area contributed by atoms with E-state index in [0.29, 0.717) is 28.7 Å². The third kappa shape index (κ3) is 2.50. The van der Waals surface area contributed by atoms with E-state index in [1.165, 1.54) is 6.42 Å². The number of rotatable bonds is 3. The van der Waals surface area contributed by atoms with Crippen LogP contribution in [0.4, 0.5) is 0 Å². The molecule has 3 rings (SSSR count). The smallest absolute Gasteiger partial charge is 0.269 e. The average Bonchev–Trinajstić information content (AvgIpc) is 3.03. The zero-order valence-corrected chi connectivity index (χ0v) is 12.4. The van der Waals surface area contributed by atoms with Crippen LogP contribution < -0.4 is 5.32 Å². The molecule has 1 heterocycles. The summed E-state index contributed by atoms with van der Waals surface area (Å²) in [5.74, 6) is 0.419. The number of carbonyl (C=O) groups excluding carboxylic acids is 1. The Morgan fingerprint density at radius 2 is 2.15 bits per heavy atom. The van der Waals surface area contributed by atoms with Crippen LogP contribution in [0.5, 0.6) is 0 Å². The molecule has 0 radical (unpaired) electrons. The van der Waals surface area contributed by atoms with Gasteiger partial charge >= 0.3 is 0 Å². The zero-order chi connectivity index (χ0) is 14.3. The summed E-state index contributed by atoms with van der Waals surface area (Å²) in [4.78, 5) is 16.3. The van der Waals surface area contributed by atoms with E-state index in [4.69, 9.17) is 11.6 Å². The summed E-state index contributed by atoms with van der Waals surface area (Å²) in [5, 5.41) is 5.13. The maximum Gasteiger partial charge on any atom is 0.269 e. The summed E-state index contributed by atoms with van der Waals surface area (Å²) >= 11 is 6.14. The van der Waals surface area contributed by atoms with Gasteiger partial charge in [-0.2, -0.15) is 0 Å². The van der Waals surface area contributed by atoms with Gasteiger partial charge in [0, 0.05) is 11.9 Å². The minimum Gasteiger partial charge on any atom is -0.350 e. The van der Waals surface area contributed by atoms with E-state index in [1.54, 1.807) is 6.07 Å². The molecule has 3 nitrogen and oxygen atoms in total. The zero-order valence-electron chi connectivity index (χ0n) is 11.6. The Balaban J connectivity index is 1.78. The van der Waals surface area contributed by atoms with Crippen molar-refractivity contribution in [3.63, 3.8) is 0 Å². The van der Waals surface area contributed by atoms with Gasteiger partial charge in [-0.25, -0.2) is 4.98 Å². The number of aromatic nitrogens is 1. The number of hydrogen-bond acceptors (Lipinski definition) is 2. The number of carbonyl (C=O) groups is 1. The maximum absolute atomic E-state index is 12.2. The molecule has 0 aliphatic heterocycles. The van der Waals surface area contributed by atoms with Crippen LogP contribution in [0.25, 0.3) is 10.8 Å². The molecule has 0 spiro atoms. The molecule has 1 aliphatic carbocycles. The molecular formula is C16H17ClN2O. The van der Waals surface area contributed by atoms with Crippen molar-refractivity contribution in [2.75, 3.05) is 6.54 Å². The molecule has 1 unspecified atom stereocenters. The van der Waals surface area contributed by atoms with Crippen molar-refractivity contribution in [3.05, 3.63) is 41.2 Å². The van der Waals surface area contributed by atoms with Crippen molar-refractivity contribution in [2.45, 2.75) is 20.3 Å². The molecule has 20 heavy (non-hydrogen) atoms. The van der Waals surface area contributed by atoms with Crippen LogP contribution in [0.3, 0.4) is 0 Å². The monoisotopic (exact) mass is 288 g/mol. The molecule has 1 N–H and O–H groups in total. The summed E-state index contributed by atoms with van der Waals surface area (Å²) in [6.45, 7) is 5.14. The molecule has 0 saturated heterocycles. The van der Waals surface area contributed by atoms with E-state index < -0.39 is 0 Å². The Morgan fingerprint density at radius 3 is 2.85 bits per heavy atom. The minimum absolute atomic E-state index is 0.152. The highest BCUT2D eigenvalue weighted by Gasteiger charge is 2.45. The Bertz CT molecular complexity index is 681. The fourth-order valence-corrected chi connectivity index (χ4v) is 2.77. The first-order valence-electron chi connectivity index (χ1n) is 6.81. The Hall–Kier alpha value is -1.61. The molecular weight excluding hydrogens is 272 g/mol. The second-order valence-corrected chi connectivity index (χ2v) is 6.48. The summed E-state index contributed by atoms with van der Waals surface area (Å²) in [5.41, 5.74) is 0.744. The molecule has 1 amide bonds. The highest BCUT2D eigenvalue weighted by Crippen LogP contribution is 2.50. The maximum atomic E-state index is 12.2. The second kappa shape index (κ2) is 4.74. The third-order valence-corrected chi connectivity index (χ3v) is 4.44.